The van der Waals surface area contributed by atoms with E-state index in [0.29, 0.717) is 23.3 Å². The van der Waals surface area contributed by atoms with E-state index in [1.165, 1.54) is 18.4 Å². The standard InChI is InChI=1S/C17H15N3O4/c1-2-13-6-5-12(9-16(13)20(22)23)8-14(10-18)17(21)19-11-15-4-3-7-24-15/h3-9H,2,11H2,1H3,(H,19,21)/b14-8+. The van der Waals surface area contributed by atoms with Gasteiger partial charge >= 0.3 is 0 Å². The highest BCUT2D eigenvalue weighted by Gasteiger charge is 2.14. The first-order valence-corrected chi connectivity index (χ1v) is 7.24. The van der Waals surface area contributed by atoms with E-state index in [-0.39, 0.29) is 17.8 Å². The van der Waals surface area contributed by atoms with Crippen molar-refractivity contribution >= 4 is 17.7 Å². The summed E-state index contributed by atoms with van der Waals surface area (Å²) in [5, 5.41) is 22.8. The van der Waals surface area contributed by atoms with Crippen LogP contribution in [0.5, 0.6) is 0 Å². The second kappa shape index (κ2) is 7.74. The second-order valence-corrected chi connectivity index (χ2v) is 4.93. The largest absolute Gasteiger partial charge is 0.467 e. The highest BCUT2D eigenvalue weighted by molar-refractivity contribution is 6.01. The van der Waals surface area contributed by atoms with Gasteiger partial charge in [0.05, 0.1) is 17.7 Å². The molecule has 0 aliphatic rings. The van der Waals surface area contributed by atoms with Crippen LogP contribution < -0.4 is 5.32 Å². The third-order valence-electron chi connectivity index (χ3n) is 3.37. The molecule has 1 aromatic heterocycles. The zero-order chi connectivity index (χ0) is 17.5. The molecule has 0 spiro atoms. The van der Waals surface area contributed by atoms with Gasteiger partial charge in [-0.25, -0.2) is 0 Å². The minimum Gasteiger partial charge on any atom is -0.467 e. The smallest absolute Gasteiger partial charge is 0.273 e. The number of nitro groups is 1. The number of amides is 1. The number of nitro benzene ring substituents is 1. The number of nitriles is 1. The summed E-state index contributed by atoms with van der Waals surface area (Å²) in [6.45, 7) is 1.97. The van der Waals surface area contributed by atoms with E-state index in [1.807, 2.05) is 6.92 Å². The lowest BCUT2D eigenvalue weighted by atomic mass is 10.0. The minimum absolute atomic E-state index is 0.0282. The van der Waals surface area contributed by atoms with E-state index in [0.717, 1.165) is 0 Å². The molecule has 0 saturated carbocycles. The third kappa shape index (κ3) is 4.08. The summed E-state index contributed by atoms with van der Waals surface area (Å²) in [7, 11) is 0. The van der Waals surface area contributed by atoms with Crippen LogP contribution in [0.2, 0.25) is 0 Å². The maximum absolute atomic E-state index is 12.0. The van der Waals surface area contributed by atoms with E-state index in [1.54, 1.807) is 30.3 Å². The zero-order valence-electron chi connectivity index (χ0n) is 13.0. The Morgan fingerprint density at radius 1 is 1.46 bits per heavy atom. The van der Waals surface area contributed by atoms with Crippen molar-refractivity contribution in [2.45, 2.75) is 19.9 Å². The molecule has 1 aromatic carbocycles. The first-order chi connectivity index (χ1) is 11.5. The first-order valence-electron chi connectivity index (χ1n) is 7.24. The highest BCUT2D eigenvalue weighted by atomic mass is 16.6. The molecule has 0 bridgehead atoms. The number of furan rings is 1. The van der Waals surface area contributed by atoms with E-state index >= 15 is 0 Å². The van der Waals surface area contributed by atoms with E-state index in [2.05, 4.69) is 5.32 Å². The Morgan fingerprint density at radius 3 is 2.83 bits per heavy atom. The number of nitrogens with one attached hydrogen (secondary N) is 1. The molecular formula is C17H15N3O4. The van der Waals surface area contributed by atoms with E-state index in [4.69, 9.17) is 9.68 Å². The van der Waals surface area contributed by atoms with Gasteiger partial charge in [0.25, 0.3) is 11.6 Å². The maximum atomic E-state index is 12.0. The summed E-state index contributed by atoms with van der Waals surface area (Å²) in [6, 6.07) is 9.82. The van der Waals surface area contributed by atoms with Crippen molar-refractivity contribution in [2.24, 2.45) is 0 Å². The van der Waals surface area contributed by atoms with Crippen molar-refractivity contribution in [1.29, 1.82) is 5.26 Å². The van der Waals surface area contributed by atoms with Crippen LogP contribution in [0.1, 0.15) is 23.8 Å². The molecule has 1 heterocycles. The predicted molar refractivity (Wildman–Crippen MR) is 86.6 cm³/mol. The Kier molecular flexibility index (Phi) is 5.47. The quantitative estimate of drug-likeness (QED) is 0.380. The topological polar surface area (TPSA) is 109 Å². The number of benzene rings is 1. The molecule has 0 atom stereocenters. The number of nitrogens with zero attached hydrogens (tertiary/aromatic N) is 2. The predicted octanol–water partition coefficient (Wildman–Crippen LogP) is 2.97. The van der Waals surface area contributed by atoms with Crippen molar-refractivity contribution in [3.05, 3.63) is 69.2 Å². The van der Waals surface area contributed by atoms with E-state index in [9.17, 15) is 14.9 Å². The van der Waals surface area contributed by atoms with Gasteiger partial charge in [-0.3, -0.25) is 14.9 Å². The molecule has 2 rings (SSSR count). The Labute approximate surface area is 138 Å². The molecule has 0 unspecified atom stereocenters. The molecule has 0 fully saturated rings. The summed E-state index contributed by atoms with van der Waals surface area (Å²) < 4.78 is 5.09. The second-order valence-electron chi connectivity index (χ2n) is 4.93. The molecule has 0 saturated heterocycles. The lowest BCUT2D eigenvalue weighted by molar-refractivity contribution is -0.385. The minimum atomic E-state index is -0.573. The molecule has 7 nitrogen and oxygen atoms in total. The Morgan fingerprint density at radius 2 is 2.25 bits per heavy atom. The fraction of sp³-hybridized carbons (Fsp3) is 0.176. The molecule has 122 valence electrons. The van der Waals surface area contributed by atoms with Crippen LogP contribution in [0.25, 0.3) is 6.08 Å². The lowest BCUT2D eigenvalue weighted by Crippen LogP contribution is -2.23. The molecule has 0 aliphatic heterocycles. The SMILES string of the molecule is CCc1ccc(/C=C(\C#N)C(=O)NCc2ccco2)cc1[N+](=O)[O-]. The number of hydrogen-bond acceptors (Lipinski definition) is 5. The number of aryl methyl sites for hydroxylation is 1. The van der Waals surface area contributed by atoms with Crippen LogP contribution in [-0.4, -0.2) is 10.8 Å². The van der Waals surface area contributed by atoms with Crippen molar-refractivity contribution in [2.75, 3.05) is 0 Å². The van der Waals surface area contributed by atoms with Gasteiger partial charge in [-0.05, 0) is 30.2 Å². The van der Waals surface area contributed by atoms with Crippen LogP contribution in [-0.2, 0) is 17.8 Å². The number of rotatable bonds is 6. The van der Waals surface area contributed by atoms with Crippen LogP contribution in [0.4, 0.5) is 5.69 Å². The highest BCUT2D eigenvalue weighted by Crippen LogP contribution is 2.22. The van der Waals surface area contributed by atoms with Crippen LogP contribution in [0.3, 0.4) is 0 Å². The average Bonchev–Trinajstić information content (AvgIpc) is 3.10. The summed E-state index contributed by atoms with van der Waals surface area (Å²) in [6.07, 6.45) is 3.33. The molecule has 1 N–H and O–H groups in total. The van der Waals surface area contributed by atoms with Gasteiger partial charge in [0.15, 0.2) is 0 Å². The molecule has 0 aliphatic carbocycles. The third-order valence-corrected chi connectivity index (χ3v) is 3.37. The summed E-state index contributed by atoms with van der Waals surface area (Å²) in [4.78, 5) is 22.7. The number of carbonyl (C=O) groups excluding carboxylic acids is 1. The van der Waals surface area contributed by atoms with Gasteiger partial charge in [0.1, 0.15) is 17.4 Å². The Hall–Kier alpha value is -3.40. The molecule has 7 heteroatoms. The number of hydrogen-bond donors (Lipinski definition) is 1. The zero-order valence-corrected chi connectivity index (χ0v) is 13.0. The van der Waals surface area contributed by atoms with Gasteiger partial charge in [-0.15, -0.1) is 0 Å². The summed E-state index contributed by atoms with van der Waals surface area (Å²) >= 11 is 0. The van der Waals surface area contributed by atoms with Crippen LogP contribution in [0, 0.1) is 21.4 Å². The van der Waals surface area contributed by atoms with Gasteiger partial charge in [-0.1, -0.05) is 19.1 Å². The maximum Gasteiger partial charge on any atom is 0.273 e. The first kappa shape index (κ1) is 17.0. The van der Waals surface area contributed by atoms with Crippen molar-refractivity contribution in [3.63, 3.8) is 0 Å². The summed E-state index contributed by atoms with van der Waals surface area (Å²) in [5.74, 6) is -0.0142. The average molecular weight is 325 g/mol. The van der Waals surface area contributed by atoms with Gasteiger partial charge < -0.3 is 9.73 Å². The lowest BCUT2D eigenvalue weighted by Gasteiger charge is -2.04. The fourth-order valence-electron chi connectivity index (χ4n) is 2.13. The normalized spacial score (nSPS) is 10.9. The van der Waals surface area contributed by atoms with Crippen LogP contribution >= 0.6 is 0 Å². The van der Waals surface area contributed by atoms with Crippen molar-refractivity contribution < 1.29 is 14.1 Å². The monoisotopic (exact) mass is 325 g/mol. The molecule has 24 heavy (non-hydrogen) atoms. The van der Waals surface area contributed by atoms with Gasteiger partial charge in [-0.2, -0.15) is 5.26 Å². The van der Waals surface area contributed by atoms with Gasteiger partial charge in [0, 0.05) is 11.6 Å². The van der Waals surface area contributed by atoms with E-state index < -0.39 is 10.8 Å². The molecule has 2 aromatic rings. The molecule has 0 radical (unpaired) electrons. The molecule has 1 amide bonds. The molecular weight excluding hydrogens is 310 g/mol. The van der Waals surface area contributed by atoms with Crippen LogP contribution in [0.15, 0.2) is 46.6 Å². The Balaban J connectivity index is 2.20. The van der Waals surface area contributed by atoms with Crippen molar-refractivity contribution in [1.82, 2.24) is 5.32 Å². The Bertz CT molecular complexity index is 817. The van der Waals surface area contributed by atoms with Gasteiger partial charge in [0.2, 0.25) is 0 Å². The fourth-order valence-corrected chi connectivity index (χ4v) is 2.13. The summed E-state index contributed by atoms with van der Waals surface area (Å²) in [5.41, 5.74) is 0.848. The van der Waals surface area contributed by atoms with Crippen molar-refractivity contribution in [3.8, 4) is 6.07 Å². The number of carbonyl (C=O) groups is 1.